The summed E-state index contributed by atoms with van der Waals surface area (Å²) >= 11 is 5.85. The van der Waals surface area contributed by atoms with Gasteiger partial charge in [-0.1, -0.05) is 52.9 Å². The Bertz CT molecular complexity index is 134. The van der Waals surface area contributed by atoms with Gasteiger partial charge in [-0.05, 0) is 18.4 Å². The zero-order valence-corrected chi connectivity index (χ0v) is 11.5. The average molecular weight is 234 g/mol. The molecule has 92 valence electrons. The van der Waals surface area contributed by atoms with E-state index < -0.39 is 0 Å². The Morgan fingerprint density at radius 1 is 1.00 bits per heavy atom. The summed E-state index contributed by atoms with van der Waals surface area (Å²) in [5, 5.41) is 3.48. The van der Waals surface area contributed by atoms with Gasteiger partial charge in [-0.2, -0.15) is 0 Å². The largest absolute Gasteiger partial charge is 0.316 e. The van der Waals surface area contributed by atoms with E-state index in [1.54, 1.807) is 0 Å². The maximum Gasteiger partial charge on any atom is 0.0286 e. The molecule has 0 amide bonds. The number of rotatable bonds is 10. The van der Waals surface area contributed by atoms with Crippen molar-refractivity contribution in [1.29, 1.82) is 0 Å². The molecule has 2 heteroatoms. The van der Waals surface area contributed by atoms with E-state index >= 15 is 0 Å². The van der Waals surface area contributed by atoms with Crippen molar-refractivity contribution in [3.05, 3.63) is 0 Å². The number of halogens is 1. The van der Waals surface area contributed by atoms with Crippen molar-refractivity contribution in [2.45, 2.75) is 59.3 Å². The SMILES string of the molecule is CCCCCCCCNCC(C)(C)CCl. The number of alkyl halides is 1. The van der Waals surface area contributed by atoms with E-state index in [4.69, 9.17) is 11.6 Å². The Morgan fingerprint density at radius 3 is 2.20 bits per heavy atom. The van der Waals surface area contributed by atoms with E-state index in [9.17, 15) is 0 Å². The highest BCUT2D eigenvalue weighted by Gasteiger charge is 2.14. The predicted molar refractivity (Wildman–Crippen MR) is 70.7 cm³/mol. The van der Waals surface area contributed by atoms with Crippen molar-refractivity contribution in [3.8, 4) is 0 Å². The van der Waals surface area contributed by atoms with Gasteiger partial charge >= 0.3 is 0 Å². The zero-order chi connectivity index (χ0) is 11.6. The average Bonchev–Trinajstić information content (AvgIpc) is 2.22. The van der Waals surface area contributed by atoms with Crippen molar-refractivity contribution in [2.24, 2.45) is 5.41 Å². The Morgan fingerprint density at radius 2 is 1.60 bits per heavy atom. The third kappa shape index (κ3) is 10.5. The molecule has 0 radical (unpaired) electrons. The van der Waals surface area contributed by atoms with Crippen LogP contribution in [0.2, 0.25) is 0 Å². The fraction of sp³-hybridized carbons (Fsp3) is 1.00. The minimum absolute atomic E-state index is 0.240. The summed E-state index contributed by atoms with van der Waals surface area (Å²) in [7, 11) is 0. The van der Waals surface area contributed by atoms with E-state index in [2.05, 4.69) is 26.1 Å². The van der Waals surface area contributed by atoms with Gasteiger partial charge in [0.25, 0.3) is 0 Å². The summed E-state index contributed by atoms with van der Waals surface area (Å²) in [5.41, 5.74) is 0.240. The molecule has 15 heavy (non-hydrogen) atoms. The van der Waals surface area contributed by atoms with Gasteiger partial charge < -0.3 is 5.32 Å². The number of nitrogens with one attached hydrogen (secondary N) is 1. The van der Waals surface area contributed by atoms with Crippen LogP contribution in [0.3, 0.4) is 0 Å². The number of hydrogen-bond donors (Lipinski definition) is 1. The Labute approximate surface area is 101 Å². The highest BCUT2D eigenvalue weighted by Crippen LogP contribution is 2.14. The molecular weight excluding hydrogens is 206 g/mol. The van der Waals surface area contributed by atoms with Crippen molar-refractivity contribution >= 4 is 11.6 Å². The minimum atomic E-state index is 0.240. The van der Waals surface area contributed by atoms with E-state index in [1.807, 2.05) is 0 Å². The second-order valence-electron chi connectivity index (χ2n) is 5.24. The molecule has 0 aromatic heterocycles. The van der Waals surface area contributed by atoms with Crippen LogP contribution in [0.1, 0.15) is 59.3 Å². The topological polar surface area (TPSA) is 12.0 Å². The normalized spacial score (nSPS) is 12.0. The molecule has 0 saturated carbocycles. The van der Waals surface area contributed by atoms with Crippen LogP contribution in [0.15, 0.2) is 0 Å². The molecule has 0 aromatic carbocycles. The number of unbranched alkanes of at least 4 members (excludes halogenated alkanes) is 5. The Hall–Kier alpha value is 0.250. The van der Waals surface area contributed by atoms with Crippen molar-refractivity contribution < 1.29 is 0 Å². The first-order chi connectivity index (χ1) is 7.12. The standard InChI is InChI=1S/C13H28ClN/c1-4-5-6-7-8-9-10-15-12-13(2,3)11-14/h15H,4-12H2,1-3H3. The first-order valence-electron chi connectivity index (χ1n) is 6.39. The van der Waals surface area contributed by atoms with Gasteiger partial charge in [0, 0.05) is 12.4 Å². The molecule has 1 nitrogen and oxygen atoms in total. The molecule has 0 unspecified atom stereocenters. The molecular formula is C13H28ClN. The van der Waals surface area contributed by atoms with Gasteiger partial charge in [0.05, 0.1) is 0 Å². The smallest absolute Gasteiger partial charge is 0.0286 e. The predicted octanol–water partition coefficient (Wildman–Crippen LogP) is 4.20. The summed E-state index contributed by atoms with van der Waals surface area (Å²) in [6.07, 6.45) is 8.21. The Balaban J connectivity index is 3.11. The highest BCUT2D eigenvalue weighted by molar-refractivity contribution is 6.18. The summed E-state index contributed by atoms with van der Waals surface area (Å²) in [6, 6.07) is 0. The quantitative estimate of drug-likeness (QED) is 0.441. The Kier molecular flexibility index (Phi) is 9.63. The van der Waals surface area contributed by atoms with Crippen LogP contribution >= 0.6 is 11.6 Å². The molecule has 1 N–H and O–H groups in total. The second-order valence-corrected chi connectivity index (χ2v) is 5.51. The molecule has 0 aliphatic carbocycles. The summed E-state index contributed by atoms with van der Waals surface area (Å²) in [5.74, 6) is 0.733. The van der Waals surface area contributed by atoms with E-state index in [1.165, 1.54) is 38.5 Å². The molecule has 0 aromatic rings. The van der Waals surface area contributed by atoms with Crippen LogP contribution in [0.25, 0.3) is 0 Å². The lowest BCUT2D eigenvalue weighted by Crippen LogP contribution is -2.31. The zero-order valence-electron chi connectivity index (χ0n) is 10.7. The van der Waals surface area contributed by atoms with Gasteiger partial charge in [-0.25, -0.2) is 0 Å². The van der Waals surface area contributed by atoms with Gasteiger partial charge in [0.2, 0.25) is 0 Å². The van der Waals surface area contributed by atoms with Crippen LogP contribution in [0.5, 0.6) is 0 Å². The second kappa shape index (κ2) is 9.47. The van der Waals surface area contributed by atoms with Crippen LogP contribution in [0.4, 0.5) is 0 Å². The van der Waals surface area contributed by atoms with Gasteiger partial charge in [-0.15, -0.1) is 11.6 Å². The molecule has 0 aliphatic heterocycles. The molecule has 0 atom stereocenters. The van der Waals surface area contributed by atoms with E-state index in [-0.39, 0.29) is 5.41 Å². The fourth-order valence-corrected chi connectivity index (χ4v) is 1.60. The van der Waals surface area contributed by atoms with Crippen LogP contribution < -0.4 is 5.32 Å². The molecule has 0 aliphatic rings. The van der Waals surface area contributed by atoms with E-state index in [0.717, 1.165) is 19.0 Å². The molecule has 0 spiro atoms. The maximum absolute atomic E-state index is 5.85. The van der Waals surface area contributed by atoms with Crippen molar-refractivity contribution in [2.75, 3.05) is 19.0 Å². The van der Waals surface area contributed by atoms with Crippen molar-refractivity contribution in [3.63, 3.8) is 0 Å². The highest BCUT2D eigenvalue weighted by atomic mass is 35.5. The lowest BCUT2D eigenvalue weighted by molar-refractivity contribution is 0.383. The summed E-state index contributed by atoms with van der Waals surface area (Å²) in [4.78, 5) is 0. The lowest BCUT2D eigenvalue weighted by atomic mass is 9.96. The van der Waals surface area contributed by atoms with Crippen LogP contribution in [0, 0.1) is 5.41 Å². The lowest BCUT2D eigenvalue weighted by Gasteiger charge is -2.21. The minimum Gasteiger partial charge on any atom is -0.316 e. The van der Waals surface area contributed by atoms with E-state index in [0.29, 0.717) is 0 Å². The molecule has 0 heterocycles. The fourth-order valence-electron chi connectivity index (χ4n) is 1.50. The van der Waals surface area contributed by atoms with Crippen molar-refractivity contribution in [1.82, 2.24) is 5.32 Å². The molecule has 0 saturated heterocycles. The molecule has 0 rings (SSSR count). The summed E-state index contributed by atoms with van der Waals surface area (Å²) < 4.78 is 0. The van der Waals surface area contributed by atoms with Gasteiger partial charge in [0.1, 0.15) is 0 Å². The van der Waals surface area contributed by atoms with Crippen LogP contribution in [-0.4, -0.2) is 19.0 Å². The third-order valence-electron chi connectivity index (χ3n) is 2.67. The van der Waals surface area contributed by atoms with Gasteiger partial charge in [0.15, 0.2) is 0 Å². The third-order valence-corrected chi connectivity index (χ3v) is 3.40. The van der Waals surface area contributed by atoms with Gasteiger partial charge in [-0.3, -0.25) is 0 Å². The monoisotopic (exact) mass is 233 g/mol. The summed E-state index contributed by atoms with van der Waals surface area (Å²) in [6.45, 7) is 8.84. The first-order valence-corrected chi connectivity index (χ1v) is 6.92. The first kappa shape index (κ1) is 15.2. The van der Waals surface area contributed by atoms with Crippen LogP contribution in [-0.2, 0) is 0 Å². The molecule has 0 fully saturated rings. The molecule has 0 bridgehead atoms. The maximum atomic E-state index is 5.85. The number of hydrogen-bond acceptors (Lipinski definition) is 1.